The summed E-state index contributed by atoms with van der Waals surface area (Å²) in [6, 6.07) is 4.78. The lowest BCUT2D eigenvalue weighted by molar-refractivity contribution is -0.152. The number of methoxy groups -OCH3 is 2. The molecule has 4 amide bonds. The number of barbiturate groups is 1. The molecule has 0 atom stereocenters. The van der Waals surface area contributed by atoms with Gasteiger partial charge in [-0.25, -0.2) is 4.79 Å². The standard InChI is InChI=1S/C18H24N2O5/c1-5-18(6-2)15(21)19-17(23)20(16(18)22)10-9-12-7-8-13(24-3)14(11-12)25-4/h7-8,11H,5-6,9-10H2,1-4H3,(H,19,21,23). The Morgan fingerprint density at radius 1 is 1.04 bits per heavy atom. The van der Waals surface area contributed by atoms with Crippen LogP contribution in [0.1, 0.15) is 32.3 Å². The Morgan fingerprint density at radius 2 is 1.68 bits per heavy atom. The van der Waals surface area contributed by atoms with E-state index in [2.05, 4.69) is 5.32 Å². The van der Waals surface area contributed by atoms with E-state index in [-0.39, 0.29) is 6.54 Å². The molecular formula is C18H24N2O5. The maximum absolute atomic E-state index is 12.8. The Morgan fingerprint density at radius 3 is 2.24 bits per heavy atom. The van der Waals surface area contributed by atoms with Crippen molar-refractivity contribution in [3.63, 3.8) is 0 Å². The largest absolute Gasteiger partial charge is 0.493 e. The van der Waals surface area contributed by atoms with Crippen LogP contribution in [0.15, 0.2) is 18.2 Å². The molecule has 0 spiro atoms. The lowest BCUT2D eigenvalue weighted by atomic mass is 9.78. The average molecular weight is 348 g/mol. The summed E-state index contributed by atoms with van der Waals surface area (Å²) in [6.07, 6.45) is 1.17. The second-order valence-electron chi connectivity index (χ2n) is 5.94. The van der Waals surface area contributed by atoms with Gasteiger partial charge >= 0.3 is 6.03 Å². The number of hydrogen-bond acceptors (Lipinski definition) is 5. The number of carbonyl (C=O) groups is 3. The van der Waals surface area contributed by atoms with Crippen LogP contribution >= 0.6 is 0 Å². The first-order chi connectivity index (χ1) is 11.9. The fourth-order valence-corrected chi connectivity index (χ4v) is 3.09. The summed E-state index contributed by atoms with van der Waals surface area (Å²) in [5, 5.41) is 2.31. The molecule has 1 N–H and O–H groups in total. The highest BCUT2D eigenvalue weighted by atomic mass is 16.5. The molecule has 7 nitrogen and oxygen atoms in total. The Bertz CT molecular complexity index is 682. The van der Waals surface area contributed by atoms with E-state index in [0.717, 1.165) is 10.5 Å². The van der Waals surface area contributed by atoms with Gasteiger partial charge < -0.3 is 9.47 Å². The first-order valence-electron chi connectivity index (χ1n) is 8.31. The number of imide groups is 2. The van der Waals surface area contributed by atoms with E-state index in [0.29, 0.717) is 30.8 Å². The molecule has 1 aromatic carbocycles. The number of carbonyl (C=O) groups excluding carboxylic acids is 3. The van der Waals surface area contributed by atoms with E-state index in [1.807, 2.05) is 12.1 Å². The number of nitrogens with one attached hydrogen (secondary N) is 1. The molecule has 1 heterocycles. The lowest BCUT2D eigenvalue weighted by Gasteiger charge is -2.38. The molecule has 136 valence electrons. The molecule has 1 aromatic rings. The number of hydrogen-bond donors (Lipinski definition) is 1. The van der Waals surface area contributed by atoms with Gasteiger partial charge in [0, 0.05) is 6.54 Å². The van der Waals surface area contributed by atoms with Crippen LogP contribution in [0.3, 0.4) is 0 Å². The predicted octanol–water partition coefficient (Wildman–Crippen LogP) is 2.13. The van der Waals surface area contributed by atoms with Crippen LogP contribution < -0.4 is 14.8 Å². The minimum Gasteiger partial charge on any atom is -0.493 e. The van der Waals surface area contributed by atoms with E-state index in [1.54, 1.807) is 34.1 Å². The third-order valence-electron chi connectivity index (χ3n) is 4.83. The van der Waals surface area contributed by atoms with Crippen molar-refractivity contribution in [2.24, 2.45) is 5.41 Å². The fraction of sp³-hybridized carbons (Fsp3) is 0.500. The van der Waals surface area contributed by atoms with Gasteiger partial charge in [0.2, 0.25) is 11.8 Å². The molecule has 0 unspecified atom stereocenters. The van der Waals surface area contributed by atoms with Gasteiger partial charge in [-0.15, -0.1) is 0 Å². The van der Waals surface area contributed by atoms with Crippen molar-refractivity contribution in [2.75, 3.05) is 20.8 Å². The second kappa shape index (κ2) is 7.55. The number of benzene rings is 1. The average Bonchev–Trinajstić information content (AvgIpc) is 2.62. The number of amides is 4. The summed E-state index contributed by atoms with van der Waals surface area (Å²) in [5.41, 5.74) is -0.264. The minimum atomic E-state index is -1.16. The van der Waals surface area contributed by atoms with E-state index in [4.69, 9.17) is 9.47 Å². The first-order valence-corrected chi connectivity index (χ1v) is 8.31. The lowest BCUT2D eigenvalue weighted by Crippen LogP contribution is -2.63. The van der Waals surface area contributed by atoms with Crippen LogP contribution in [0.25, 0.3) is 0 Å². The van der Waals surface area contributed by atoms with E-state index in [9.17, 15) is 14.4 Å². The van der Waals surface area contributed by atoms with Gasteiger partial charge in [0.15, 0.2) is 11.5 Å². The number of rotatable bonds is 7. The number of ether oxygens (including phenoxy) is 2. The maximum Gasteiger partial charge on any atom is 0.330 e. The summed E-state index contributed by atoms with van der Waals surface area (Å²) >= 11 is 0. The normalized spacial score (nSPS) is 16.6. The van der Waals surface area contributed by atoms with Gasteiger partial charge in [-0.2, -0.15) is 0 Å². The molecule has 0 saturated carbocycles. The summed E-state index contributed by atoms with van der Waals surface area (Å²) < 4.78 is 10.5. The predicted molar refractivity (Wildman–Crippen MR) is 91.5 cm³/mol. The van der Waals surface area contributed by atoms with Gasteiger partial charge in [0.25, 0.3) is 0 Å². The molecule has 0 aromatic heterocycles. The summed E-state index contributed by atoms with van der Waals surface area (Å²) in [7, 11) is 3.10. The third kappa shape index (κ3) is 3.31. The smallest absolute Gasteiger partial charge is 0.330 e. The molecule has 7 heteroatoms. The SMILES string of the molecule is CCC1(CC)C(=O)NC(=O)N(CCc2ccc(OC)c(OC)c2)C1=O. The summed E-state index contributed by atoms with van der Waals surface area (Å²) in [5.74, 6) is 0.266. The van der Waals surface area contributed by atoms with Gasteiger partial charge in [0.05, 0.1) is 14.2 Å². The van der Waals surface area contributed by atoms with Crippen molar-refractivity contribution in [1.82, 2.24) is 10.2 Å². The summed E-state index contributed by atoms with van der Waals surface area (Å²) in [4.78, 5) is 38.2. The van der Waals surface area contributed by atoms with E-state index in [1.165, 1.54) is 0 Å². The van der Waals surface area contributed by atoms with Crippen LogP contribution in [0.2, 0.25) is 0 Å². The van der Waals surface area contributed by atoms with Crippen LogP contribution in [0, 0.1) is 5.41 Å². The van der Waals surface area contributed by atoms with Crippen molar-refractivity contribution in [3.8, 4) is 11.5 Å². The van der Waals surface area contributed by atoms with Crippen molar-refractivity contribution in [2.45, 2.75) is 33.1 Å². The van der Waals surface area contributed by atoms with E-state index >= 15 is 0 Å². The molecule has 0 bridgehead atoms. The van der Waals surface area contributed by atoms with Gasteiger partial charge in [0.1, 0.15) is 5.41 Å². The van der Waals surface area contributed by atoms with E-state index < -0.39 is 23.3 Å². The zero-order valence-electron chi connectivity index (χ0n) is 15.0. The highest BCUT2D eigenvalue weighted by Gasteiger charge is 2.51. The molecule has 1 aliphatic heterocycles. The molecule has 1 aliphatic rings. The highest BCUT2D eigenvalue weighted by molar-refractivity contribution is 6.19. The zero-order chi connectivity index (χ0) is 18.6. The highest BCUT2D eigenvalue weighted by Crippen LogP contribution is 2.33. The quantitative estimate of drug-likeness (QED) is 0.763. The van der Waals surface area contributed by atoms with Crippen molar-refractivity contribution >= 4 is 17.8 Å². The summed E-state index contributed by atoms with van der Waals surface area (Å²) in [6.45, 7) is 3.75. The van der Waals surface area contributed by atoms with Gasteiger partial charge in [-0.3, -0.25) is 19.8 Å². The molecule has 1 fully saturated rings. The monoisotopic (exact) mass is 348 g/mol. The molecule has 1 saturated heterocycles. The fourth-order valence-electron chi connectivity index (χ4n) is 3.09. The minimum absolute atomic E-state index is 0.190. The first kappa shape index (κ1) is 18.8. The van der Waals surface area contributed by atoms with Gasteiger partial charge in [-0.1, -0.05) is 19.9 Å². The van der Waals surface area contributed by atoms with Crippen LogP contribution in [0.4, 0.5) is 4.79 Å². The molecule has 2 rings (SSSR count). The number of urea groups is 1. The van der Waals surface area contributed by atoms with Crippen molar-refractivity contribution in [3.05, 3.63) is 23.8 Å². The zero-order valence-corrected chi connectivity index (χ0v) is 15.0. The molecule has 0 aliphatic carbocycles. The van der Waals surface area contributed by atoms with Crippen molar-refractivity contribution in [1.29, 1.82) is 0 Å². The van der Waals surface area contributed by atoms with Crippen LogP contribution in [0.5, 0.6) is 11.5 Å². The molecule has 0 radical (unpaired) electrons. The maximum atomic E-state index is 12.8. The Labute approximate surface area is 147 Å². The topological polar surface area (TPSA) is 84.9 Å². The Hall–Kier alpha value is -2.57. The molecule has 25 heavy (non-hydrogen) atoms. The molecular weight excluding hydrogens is 324 g/mol. The Kier molecular flexibility index (Phi) is 5.66. The Balaban J connectivity index is 2.18. The number of nitrogens with zero attached hydrogens (tertiary/aromatic N) is 1. The van der Waals surface area contributed by atoms with Crippen LogP contribution in [-0.4, -0.2) is 43.5 Å². The van der Waals surface area contributed by atoms with Crippen molar-refractivity contribution < 1.29 is 23.9 Å². The second-order valence-corrected chi connectivity index (χ2v) is 5.94. The van der Waals surface area contributed by atoms with Gasteiger partial charge in [-0.05, 0) is 37.0 Å². The van der Waals surface area contributed by atoms with Crippen LogP contribution in [-0.2, 0) is 16.0 Å². The third-order valence-corrected chi connectivity index (χ3v) is 4.83.